The van der Waals surface area contributed by atoms with E-state index in [1.165, 1.54) is 0 Å². The normalized spacial score (nSPS) is 8.45. The van der Waals surface area contributed by atoms with Gasteiger partial charge in [-0.25, -0.2) is 0 Å². The second-order valence-electron chi connectivity index (χ2n) is 4.42. The number of rotatable bonds is 4. The van der Waals surface area contributed by atoms with Gasteiger partial charge in [-0.2, -0.15) is 0 Å². The van der Waals surface area contributed by atoms with Gasteiger partial charge in [-0.3, -0.25) is 4.79 Å². The molecule has 2 N–H and O–H groups in total. The Bertz CT molecular complexity index is 353. The number of carbonyl (C=O) groups excluding carboxylic acids is 1. The van der Waals surface area contributed by atoms with Gasteiger partial charge in [0.2, 0.25) is 5.91 Å². The van der Waals surface area contributed by atoms with Crippen LogP contribution < -0.4 is 23.0 Å². The number of anilines is 1. The van der Waals surface area contributed by atoms with Gasteiger partial charge in [-0.05, 0) is 45.5 Å². The zero-order valence-electron chi connectivity index (χ0n) is 13.1. The summed E-state index contributed by atoms with van der Waals surface area (Å²) >= 11 is 0. The molecule has 0 saturated heterocycles. The molecule has 5 heteroatoms. The second-order valence-corrected chi connectivity index (χ2v) is 4.42. The van der Waals surface area contributed by atoms with Gasteiger partial charge >= 0.3 is 22.4 Å². The van der Waals surface area contributed by atoms with Crippen molar-refractivity contribution in [2.24, 2.45) is 0 Å². The molecule has 0 atom stereocenters. The fourth-order valence-electron chi connectivity index (χ4n) is 1.55. The molecule has 3 nitrogen and oxygen atoms in total. The summed E-state index contributed by atoms with van der Waals surface area (Å²) in [7, 11) is 3.75. The van der Waals surface area contributed by atoms with Crippen LogP contribution in [0.2, 0.25) is 0 Å². The van der Waals surface area contributed by atoms with Gasteiger partial charge < -0.3 is 23.0 Å². The van der Waals surface area contributed by atoms with Crippen LogP contribution in [-0.2, 0) is 27.2 Å². The predicted octanol–water partition coefficient (Wildman–Crippen LogP) is 0.269. The van der Waals surface area contributed by atoms with Crippen LogP contribution in [-0.4, -0.2) is 20.0 Å². The molecule has 1 aromatic carbocycles. The Hall–Kier alpha value is -0.320. The fourth-order valence-corrected chi connectivity index (χ4v) is 1.55. The first kappa shape index (κ1) is 24.7. The summed E-state index contributed by atoms with van der Waals surface area (Å²) < 4.78 is 0. The maximum atomic E-state index is 11.6. The van der Waals surface area contributed by atoms with Crippen LogP contribution in [0.15, 0.2) is 18.2 Å². The molecule has 20 heavy (non-hydrogen) atoms. The van der Waals surface area contributed by atoms with Gasteiger partial charge in [-0.1, -0.05) is 31.5 Å². The minimum Gasteiger partial charge on any atom is -1.00 e. The minimum absolute atomic E-state index is 0. The third-order valence-corrected chi connectivity index (χ3v) is 2.50. The summed E-state index contributed by atoms with van der Waals surface area (Å²) in [5, 5.41) is 5.72. The predicted molar refractivity (Wildman–Crippen MR) is 79.1 cm³/mol. The smallest absolute Gasteiger partial charge is 1.00 e. The third-order valence-electron chi connectivity index (χ3n) is 2.50. The molecule has 1 amide bonds. The number of aryl methyl sites for hydroxylation is 2. The minimum atomic E-state index is 0. The van der Waals surface area contributed by atoms with E-state index in [0.29, 0.717) is 6.42 Å². The third kappa shape index (κ3) is 10.5. The molecule has 0 aliphatic carbocycles. The van der Waals surface area contributed by atoms with Gasteiger partial charge in [0.25, 0.3) is 0 Å². The van der Waals surface area contributed by atoms with Crippen molar-refractivity contribution >= 4 is 11.6 Å². The first-order valence-electron chi connectivity index (χ1n) is 6.51. The number of unbranched alkanes of at least 4 members (excludes halogenated alkanes) is 1. The van der Waals surface area contributed by atoms with E-state index in [4.69, 9.17) is 0 Å². The summed E-state index contributed by atoms with van der Waals surface area (Å²) in [6.07, 6.45) is 2.63. The molecule has 0 radical (unpaired) electrons. The molecule has 0 spiro atoms. The molecule has 0 aliphatic heterocycles. The van der Waals surface area contributed by atoms with Crippen LogP contribution in [0.1, 0.15) is 37.3 Å². The molecule has 0 bridgehead atoms. The Kier molecular flexibility index (Phi) is 18.6. The van der Waals surface area contributed by atoms with Gasteiger partial charge in [0, 0.05) is 12.1 Å². The second kappa shape index (κ2) is 15.1. The molecule has 0 unspecified atom stereocenters. The topological polar surface area (TPSA) is 41.1 Å². The van der Waals surface area contributed by atoms with Crippen LogP contribution in [0.25, 0.3) is 0 Å². The summed E-state index contributed by atoms with van der Waals surface area (Å²) in [5.74, 6) is 0.120. The molecule has 0 aromatic heterocycles. The monoisotopic (exact) mass is 466 g/mol. The summed E-state index contributed by atoms with van der Waals surface area (Å²) in [6.45, 7) is 6.12. The number of carbonyl (C=O) groups is 1. The Morgan fingerprint density at radius 3 is 2.00 bits per heavy atom. The fraction of sp³-hybridized carbons (Fsp3) is 0.533. The van der Waals surface area contributed by atoms with Crippen molar-refractivity contribution in [3.8, 4) is 0 Å². The maximum Gasteiger partial charge on any atom is 5.00 e. The van der Waals surface area contributed by atoms with Crippen LogP contribution >= 0.6 is 0 Å². The number of amides is 1. The van der Waals surface area contributed by atoms with Crippen molar-refractivity contribution in [2.75, 3.05) is 19.4 Å². The quantitative estimate of drug-likeness (QED) is 0.669. The Balaban J connectivity index is -0.000000530. The molecule has 110 valence electrons. The molecular weight excluding hydrogens is 441 g/mol. The first-order valence-corrected chi connectivity index (χ1v) is 6.51. The van der Waals surface area contributed by atoms with E-state index in [9.17, 15) is 4.79 Å². The number of hydrogen-bond acceptors (Lipinski definition) is 2. The van der Waals surface area contributed by atoms with Crippen molar-refractivity contribution < 1.29 is 39.6 Å². The SMILES string of the molecule is CCCCC(=O)Nc1c(C)cccc1C.CNC.[Cl-].[Ta+5]. The van der Waals surface area contributed by atoms with E-state index >= 15 is 0 Å². The molecule has 1 aromatic rings. The number of para-hydroxylation sites is 1. The summed E-state index contributed by atoms with van der Waals surface area (Å²) in [6, 6.07) is 6.04. The van der Waals surface area contributed by atoms with Crippen LogP contribution in [0.4, 0.5) is 5.69 Å². The van der Waals surface area contributed by atoms with Gasteiger partial charge in [-0.15, -0.1) is 0 Å². The first-order chi connectivity index (χ1) is 8.56. The largest absolute Gasteiger partial charge is 5.00 e. The molecular formula is C15H26ClN2OTa+4. The van der Waals surface area contributed by atoms with Crippen LogP contribution in [0, 0.1) is 13.8 Å². The number of halogens is 1. The molecule has 0 saturated carbocycles. The average Bonchev–Trinajstić information content (AvgIpc) is 2.32. The molecule has 0 aliphatic rings. The molecule has 0 heterocycles. The van der Waals surface area contributed by atoms with E-state index in [0.717, 1.165) is 29.7 Å². The van der Waals surface area contributed by atoms with Crippen LogP contribution in [0.3, 0.4) is 0 Å². The summed E-state index contributed by atoms with van der Waals surface area (Å²) in [4.78, 5) is 11.6. The van der Waals surface area contributed by atoms with Crippen LogP contribution in [0.5, 0.6) is 0 Å². The van der Waals surface area contributed by atoms with Crippen molar-refractivity contribution in [3.05, 3.63) is 29.3 Å². The van der Waals surface area contributed by atoms with Crippen molar-refractivity contribution in [1.82, 2.24) is 5.32 Å². The zero-order chi connectivity index (χ0) is 14.0. The van der Waals surface area contributed by atoms with Crippen molar-refractivity contribution in [1.29, 1.82) is 0 Å². The van der Waals surface area contributed by atoms with Gasteiger partial charge in [0.1, 0.15) is 0 Å². The number of nitrogens with one attached hydrogen (secondary N) is 2. The standard InChI is InChI=1S/C13H19NO.C2H7N.ClH.Ta/c1-4-5-9-12(15)14-13-10(2)7-6-8-11(13)3;1-3-2;;/h6-8H,4-5,9H2,1-3H3,(H,14,15);3H,1-2H3;1H;/q;;;+5/p-1. The van der Waals surface area contributed by atoms with Gasteiger partial charge in [0.15, 0.2) is 0 Å². The Morgan fingerprint density at radius 2 is 1.60 bits per heavy atom. The Labute approximate surface area is 145 Å². The van der Waals surface area contributed by atoms with Gasteiger partial charge in [0.05, 0.1) is 0 Å². The van der Waals surface area contributed by atoms with E-state index in [2.05, 4.69) is 17.6 Å². The van der Waals surface area contributed by atoms with E-state index in [1.54, 1.807) is 0 Å². The van der Waals surface area contributed by atoms with E-state index in [1.807, 2.05) is 46.1 Å². The molecule has 0 fully saturated rings. The maximum absolute atomic E-state index is 11.6. The van der Waals surface area contributed by atoms with E-state index < -0.39 is 0 Å². The summed E-state index contributed by atoms with van der Waals surface area (Å²) in [5.41, 5.74) is 3.22. The average molecular weight is 467 g/mol. The zero-order valence-corrected chi connectivity index (χ0v) is 17.1. The number of hydrogen-bond donors (Lipinski definition) is 2. The Morgan fingerprint density at radius 1 is 1.15 bits per heavy atom. The number of benzene rings is 1. The van der Waals surface area contributed by atoms with Crippen molar-refractivity contribution in [2.45, 2.75) is 40.0 Å². The van der Waals surface area contributed by atoms with Crippen molar-refractivity contribution in [3.63, 3.8) is 0 Å². The molecule has 1 rings (SSSR count). The van der Waals surface area contributed by atoms with E-state index in [-0.39, 0.29) is 40.7 Å².